The van der Waals surface area contributed by atoms with Gasteiger partial charge in [-0.3, -0.25) is 0 Å². The molecule has 7 nitrogen and oxygen atoms in total. The summed E-state index contributed by atoms with van der Waals surface area (Å²) in [6.45, 7) is 24.0. The van der Waals surface area contributed by atoms with Crippen molar-refractivity contribution in [3.63, 3.8) is 0 Å². The lowest BCUT2D eigenvalue weighted by Crippen LogP contribution is -2.53. The molecule has 0 saturated heterocycles. The summed E-state index contributed by atoms with van der Waals surface area (Å²) in [7, 11) is 8.48. The van der Waals surface area contributed by atoms with Crippen LogP contribution in [0.15, 0.2) is 12.5 Å². The number of carbonyl (C=O) groups is 1. The molecule has 1 amide bonds. The van der Waals surface area contributed by atoms with Gasteiger partial charge in [0.05, 0.1) is 47.3 Å². The van der Waals surface area contributed by atoms with Crippen LogP contribution in [0.25, 0.3) is 0 Å². The number of hydrogen-bond acceptors (Lipinski definition) is 5. The highest BCUT2D eigenvalue weighted by Crippen LogP contribution is 2.17. The molecule has 2 atom stereocenters. The topological polar surface area (TPSA) is 59.6 Å². The molecule has 2 N–H and O–H groups in total. The van der Waals surface area contributed by atoms with Gasteiger partial charge >= 0.3 is 6.09 Å². The SMILES string of the molecule is C=C(NCCC(C)NCCCC[N+](C)(C)C(C)CC[N+](C)(C)C(=O)OC(C)(C)C)OC(C)(C)C. The first-order valence-corrected chi connectivity index (χ1v) is 13.0. The Balaban J connectivity index is 4.18. The molecule has 0 rings (SSSR count). The van der Waals surface area contributed by atoms with Gasteiger partial charge in [0.15, 0.2) is 5.88 Å². The number of carbonyl (C=O) groups excluding carboxylic acids is 1. The molecule has 0 aliphatic rings. The zero-order chi connectivity index (χ0) is 26.8. The van der Waals surface area contributed by atoms with Gasteiger partial charge in [-0.2, -0.15) is 4.79 Å². The predicted octanol–water partition coefficient (Wildman–Crippen LogP) is 4.88. The first-order chi connectivity index (χ1) is 15.3. The second-order valence-electron chi connectivity index (χ2n) is 12.9. The summed E-state index contributed by atoms with van der Waals surface area (Å²) in [4.78, 5) is 12.5. The van der Waals surface area contributed by atoms with Crippen LogP contribution >= 0.6 is 0 Å². The van der Waals surface area contributed by atoms with E-state index in [9.17, 15) is 4.79 Å². The number of unbranched alkanes of at least 4 members (excludes halogenated alkanes) is 1. The second kappa shape index (κ2) is 13.7. The fourth-order valence-corrected chi connectivity index (χ4v) is 3.48. The van der Waals surface area contributed by atoms with Crippen molar-refractivity contribution in [2.45, 2.75) is 104 Å². The van der Waals surface area contributed by atoms with Crippen molar-refractivity contribution in [1.29, 1.82) is 0 Å². The van der Waals surface area contributed by atoms with Gasteiger partial charge < -0.3 is 24.6 Å². The summed E-state index contributed by atoms with van der Waals surface area (Å²) >= 11 is 0. The maximum atomic E-state index is 12.5. The first-order valence-electron chi connectivity index (χ1n) is 13.0. The molecule has 34 heavy (non-hydrogen) atoms. The number of hydrogen-bond donors (Lipinski definition) is 2. The highest BCUT2D eigenvalue weighted by molar-refractivity contribution is 5.59. The van der Waals surface area contributed by atoms with Crippen LogP contribution in [0.2, 0.25) is 0 Å². The number of nitrogens with one attached hydrogen (secondary N) is 2. The number of quaternary nitrogens is 2. The maximum absolute atomic E-state index is 12.5. The number of nitrogens with zero attached hydrogens (tertiary/aromatic N) is 2. The average molecular weight is 487 g/mol. The van der Waals surface area contributed by atoms with Gasteiger partial charge in [0.25, 0.3) is 0 Å². The van der Waals surface area contributed by atoms with Crippen molar-refractivity contribution in [1.82, 2.24) is 10.6 Å². The van der Waals surface area contributed by atoms with Crippen LogP contribution in [0.3, 0.4) is 0 Å². The van der Waals surface area contributed by atoms with E-state index in [1.807, 2.05) is 55.6 Å². The summed E-state index contributed by atoms with van der Waals surface area (Å²) in [5.41, 5.74) is -0.671. The molecule has 0 spiro atoms. The summed E-state index contributed by atoms with van der Waals surface area (Å²) in [6, 6.07) is 0.922. The molecule has 0 aromatic heterocycles. The minimum atomic E-state index is -0.454. The number of amides is 1. The van der Waals surface area contributed by atoms with E-state index in [1.54, 1.807) is 0 Å². The van der Waals surface area contributed by atoms with Gasteiger partial charge in [0, 0.05) is 19.0 Å². The molecule has 0 fully saturated rings. The van der Waals surface area contributed by atoms with Crippen LogP contribution in [-0.2, 0) is 9.47 Å². The van der Waals surface area contributed by atoms with E-state index in [0.717, 1.165) is 49.9 Å². The van der Waals surface area contributed by atoms with Gasteiger partial charge in [-0.05, 0) is 87.8 Å². The van der Waals surface area contributed by atoms with Crippen molar-refractivity contribution in [2.24, 2.45) is 0 Å². The number of rotatable bonds is 15. The second-order valence-corrected chi connectivity index (χ2v) is 12.9. The van der Waals surface area contributed by atoms with E-state index in [2.05, 4.69) is 45.2 Å². The third kappa shape index (κ3) is 15.6. The van der Waals surface area contributed by atoms with Gasteiger partial charge in [-0.25, -0.2) is 4.48 Å². The van der Waals surface area contributed by atoms with E-state index in [0.29, 0.717) is 18.0 Å². The quantitative estimate of drug-likeness (QED) is 0.196. The van der Waals surface area contributed by atoms with Crippen molar-refractivity contribution < 1.29 is 23.2 Å². The van der Waals surface area contributed by atoms with Crippen LogP contribution in [0, 0.1) is 0 Å². The van der Waals surface area contributed by atoms with E-state index in [1.165, 1.54) is 6.42 Å². The normalized spacial score (nSPS) is 14.9. The van der Waals surface area contributed by atoms with Crippen molar-refractivity contribution in [2.75, 3.05) is 54.4 Å². The lowest BCUT2D eigenvalue weighted by molar-refractivity contribution is -0.917. The zero-order valence-electron chi connectivity index (χ0n) is 24.6. The molecule has 0 radical (unpaired) electrons. The number of ether oxygens (including phenoxy) is 2. The van der Waals surface area contributed by atoms with Crippen LogP contribution in [0.5, 0.6) is 0 Å². The predicted molar refractivity (Wildman–Crippen MR) is 144 cm³/mol. The highest BCUT2D eigenvalue weighted by Gasteiger charge is 2.34. The van der Waals surface area contributed by atoms with E-state index >= 15 is 0 Å². The van der Waals surface area contributed by atoms with Gasteiger partial charge in [-0.15, -0.1) is 0 Å². The molecule has 7 heteroatoms. The molecule has 0 aromatic carbocycles. The molecule has 2 unspecified atom stereocenters. The standard InChI is InChI=1S/C27H58N4O3/c1-22(16-19-29-24(3)33-26(4,5)6)28-18-14-15-20-30(10,11)23(2)17-21-31(12,13)25(32)34-27(7,8)9/h22-23,28-29H,3,14-21H2,1-2,4-13H3/q+2. The highest BCUT2D eigenvalue weighted by atomic mass is 16.6. The van der Waals surface area contributed by atoms with Gasteiger partial charge in [0.2, 0.25) is 0 Å². The Morgan fingerprint density at radius 1 is 0.853 bits per heavy atom. The Labute approximate surface area is 211 Å². The molecule has 0 bridgehead atoms. The fraction of sp³-hybridized carbons (Fsp3) is 0.889. The molecule has 0 heterocycles. The molecule has 0 aromatic rings. The van der Waals surface area contributed by atoms with E-state index < -0.39 is 5.60 Å². The molecule has 202 valence electrons. The monoisotopic (exact) mass is 486 g/mol. The minimum Gasteiger partial charge on any atom is -0.474 e. The van der Waals surface area contributed by atoms with Gasteiger partial charge in [0.1, 0.15) is 11.2 Å². The third-order valence-electron chi connectivity index (χ3n) is 6.17. The van der Waals surface area contributed by atoms with Crippen molar-refractivity contribution in [3.05, 3.63) is 12.5 Å². The minimum absolute atomic E-state index is 0.161. The maximum Gasteiger partial charge on any atom is 0.516 e. The Hall–Kier alpha value is -1.31. The first kappa shape index (κ1) is 32.7. The fourth-order valence-electron chi connectivity index (χ4n) is 3.48. The molecule has 0 saturated carbocycles. The Morgan fingerprint density at radius 3 is 1.94 bits per heavy atom. The summed E-state index contributed by atoms with van der Waals surface area (Å²) in [6.07, 6.45) is 4.18. The van der Waals surface area contributed by atoms with E-state index in [4.69, 9.17) is 9.47 Å². The van der Waals surface area contributed by atoms with Crippen LogP contribution in [0.1, 0.15) is 81.1 Å². The molecule has 0 aliphatic carbocycles. The lowest BCUT2D eigenvalue weighted by Gasteiger charge is -2.38. The van der Waals surface area contributed by atoms with E-state index in [-0.39, 0.29) is 16.2 Å². The largest absolute Gasteiger partial charge is 0.516 e. The third-order valence-corrected chi connectivity index (χ3v) is 6.17. The Kier molecular flexibility index (Phi) is 13.2. The molecular formula is C27H58N4O3+2. The summed E-state index contributed by atoms with van der Waals surface area (Å²) < 4.78 is 12.5. The van der Waals surface area contributed by atoms with Crippen molar-refractivity contribution in [3.8, 4) is 0 Å². The molecule has 0 aliphatic heterocycles. The average Bonchev–Trinajstić information content (AvgIpc) is 2.62. The molecular weight excluding hydrogens is 428 g/mol. The Bertz CT molecular complexity index is 618. The van der Waals surface area contributed by atoms with Crippen LogP contribution in [0.4, 0.5) is 4.79 Å². The summed E-state index contributed by atoms with van der Waals surface area (Å²) in [5, 5.41) is 6.88. The lowest BCUT2D eigenvalue weighted by atomic mass is 10.1. The Morgan fingerprint density at radius 2 is 1.41 bits per heavy atom. The summed E-state index contributed by atoms with van der Waals surface area (Å²) in [5.74, 6) is 0.641. The van der Waals surface area contributed by atoms with Crippen molar-refractivity contribution >= 4 is 6.09 Å². The smallest absolute Gasteiger partial charge is 0.474 e. The zero-order valence-corrected chi connectivity index (χ0v) is 24.6. The van der Waals surface area contributed by atoms with Crippen LogP contribution < -0.4 is 10.6 Å². The van der Waals surface area contributed by atoms with Crippen LogP contribution in [-0.4, -0.2) is 92.7 Å². The van der Waals surface area contributed by atoms with Gasteiger partial charge in [-0.1, -0.05) is 0 Å².